The highest BCUT2D eigenvalue weighted by atomic mass is 32.1. The van der Waals surface area contributed by atoms with Crippen LogP contribution in [0.3, 0.4) is 0 Å². The van der Waals surface area contributed by atoms with Crippen LogP contribution in [0.25, 0.3) is 22.5 Å². The second-order valence-corrected chi connectivity index (χ2v) is 9.97. The fraction of sp³-hybridized carbons (Fsp3) is 0.273. The van der Waals surface area contributed by atoms with E-state index in [1.54, 1.807) is 22.7 Å². The molecule has 4 nitrogen and oxygen atoms in total. The van der Waals surface area contributed by atoms with Crippen molar-refractivity contribution in [2.24, 2.45) is 0 Å². The van der Waals surface area contributed by atoms with Gasteiger partial charge in [0, 0.05) is 57.5 Å². The second-order valence-electron chi connectivity index (χ2n) is 8.25. The number of rotatable bonds is 0. The van der Waals surface area contributed by atoms with Gasteiger partial charge in [-0.2, -0.15) is 0 Å². The molecule has 0 unspecified atom stereocenters. The largest absolute Gasteiger partial charge is 0.264 e. The Morgan fingerprint density at radius 1 is 0.643 bits per heavy atom. The van der Waals surface area contributed by atoms with Gasteiger partial charge < -0.3 is 0 Å². The maximum atomic E-state index is 4.98. The molecule has 5 rings (SSSR count). The highest BCUT2D eigenvalue weighted by Gasteiger charge is 2.31. The number of nitrogens with zero attached hydrogens (tertiary/aromatic N) is 4. The quantitative estimate of drug-likeness (QED) is 0.378. The zero-order valence-electron chi connectivity index (χ0n) is 16.2. The van der Waals surface area contributed by atoms with E-state index in [1.807, 2.05) is 24.8 Å². The first kappa shape index (κ1) is 17.6. The highest BCUT2D eigenvalue weighted by molar-refractivity contribution is 7.10. The molecule has 0 saturated carbocycles. The molecular formula is C22H20N4S2. The molecule has 28 heavy (non-hydrogen) atoms. The molecule has 4 aromatic heterocycles. The van der Waals surface area contributed by atoms with Crippen molar-refractivity contribution in [3.63, 3.8) is 0 Å². The molecule has 0 fully saturated rings. The Morgan fingerprint density at radius 3 is 1.50 bits per heavy atom. The number of pyridine rings is 2. The predicted molar refractivity (Wildman–Crippen MR) is 115 cm³/mol. The van der Waals surface area contributed by atoms with Crippen LogP contribution in [0.4, 0.5) is 0 Å². The Morgan fingerprint density at radius 2 is 1.07 bits per heavy atom. The lowest BCUT2D eigenvalue weighted by atomic mass is 9.84. The van der Waals surface area contributed by atoms with Gasteiger partial charge in [0.15, 0.2) is 0 Å². The van der Waals surface area contributed by atoms with E-state index in [2.05, 4.69) is 60.6 Å². The third kappa shape index (κ3) is 2.63. The Hall–Kier alpha value is -2.44. The molecule has 1 aliphatic rings. The standard InChI is InChI=1S/C22H20N4S2/c1-21(2)15-5-13(7-23-9-15)18-12-28-20(26-18)22(3,4)16-6-14(8-24-10-16)17-11-27-19(21)25-17/h5-12H,1-4H3. The van der Waals surface area contributed by atoms with Crippen LogP contribution in [0.2, 0.25) is 0 Å². The molecule has 6 heteroatoms. The van der Waals surface area contributed by atoms with E-state index < -0.39 is 0 Å². The highest BCUT2D eigenvalue weighted by Crippen LogP contribution is 2.40. The number of fused-ring (bicyclic) bond motifs is 10. The Labute approximate surface area is 172 Å². The summed E-state index contributed by atoms with van der Waals surface area (Å²) in [4.78, 5) is 19.0. The van der Waals surface area contributed by atoms with Crippen LogP contribution in [0, 0.1) is 0 Å². The average molecular weight is 405 g/mol. The van der Waals surface area contributed by atoms with E-state index in [0.717, 1.165) is 43.7 Å². The minimum absolute atomic E-state index is 0.237. The molecule has 140 valence electrons. The maximum absolute atomic E-state index is 4.98. The van der Waals surface area contributed by atoms with Gasteiger partial charge in [-0.1, -0.05) is 0 Å². The molecule has 0 amide bonds. The van der Waals surface area contributed by atoms with E-state index in [0.29, 0.717) is 0 Å². The van der Waals surface area contributed by atoms with Crippen molar-refractivity contribution < 1.29 is 0 Å². The van der Waals surface area contributed by atoms with Gasteiger partial charge in [0.1, 0.15) is 10.0 Å². The molecular weight excluding hydrogens is 384 g/mol. The van der Waals surface area contributed by atoms with E-state index >= 15 is 0 Å². The summed E-state index contributed by atoms with van der Waals surface area (Å²) < 4.78 is 0. The number of hydrogen-bond donors (Lipinski definition) is 0. The maximum Gasteiger partial charge on any atom is 0.103 e. The third-order valence-electron chi connectivity index (χ3n) is 5.59. The molecule has 0 radical (unpaired) electrons. The van der Waals surface area contributed by atoms with Gasteiger partial charge in [-0.3, -0.25) is 9.97 Å². The van der Waals surface area contributed by atoms with Crippen molar-refractivity contribution in [1.82, 2.24) is 19.9 Å². The zero-order chi connectivity index (χ0) is 19.5. The Kier molecular flexibility index (Phi) is 3.80. The summed E-state index contributed by atoms with van der Waals surface area (Å²) in [5.41, 5.74) is 5.85. The van der Waals surface area contributed by atoms with Gasteiger partial charge >= 0.3 is 0 Å². The van der Waals surface area contributed by atoms with Crippen molar-refractivity contribution in [3.05, 3.63) is 68.8 Å². The van der Waals surface area contributed by atoms with Crippen molar-refractivity contribution in [2.75, 3.05) is 0 Å². The van der Waals surface area contributed by atoms with Crippen LogP contribution in [0.15, 0.2) is 47.7 Å². The van der Waals surface area contributed by atoms with Crippen molar-refractivity contribution in [3.8, 4) is 22.5 Å². The van der Waals surface area contributed by atoms with Gasteiger partial charge in [-0.15, -0.1) is 22.7 Å². The molecule has 8 bridgehead atoms. The van der Waals surface area contributed by atoms with Gasteiger partial charge in [0.2, 0.25) is 0 Å². The molecule has 0 spiro atoms. The molecule has 0 atom stereocenters. The van der Waals surface area contributed by atoms with Crippen LogP contribution >= 0.6 is 22.7 Å². The Bertz CT molecular complexity index is 1090. The smallest absolute Gasteiger partial charge is 0.103 e. The van der Waals surface area contributed by atoms with Crippen LogP contribution in [0.1, 0.15) is 48.8 Å². The lowest BCUT2D eigenvalue weighted by molar-refractivity contribution is 0.629. The SMILES string of the molecule is CC1(C)c2cncc(c2)-c2csc(n2)C(C)(C)c2cncc(c2)-c2csc1n2. The molecule has 5 heterocycles. The monoisotopic (exact) mass is 404 g/mol. The first-order valence-corrected chi connectivity index (χ1v) is 11.0. The molecule has 0 saturated heterocycles. The lowest BCUT2D eigenvalue weighted by Gasteiger charge is -2.24. The summed E-state index contributed by atoms with van der Waals surface area (Å²) in [6, 6.07) is 4.40. The van der Waals surface area contributed by atoms with Gasteiger partial charge in [0.05, 0.1) is 11.4 Å². The van der Waals surface area contributed by atoms with Crippen molar-refractivity contribution >= 4 is 22.7 Å². The number of hydrogen-bond acceptors (Lipinski definition) is 6. The van der Waals surface area contributed by atoms with E-state index in [1.165, 1.54) is 0 Å². The van der Waals surface area contributed by atoms with Gasteiger partial charge in [-0.05, 0) is 51.0 Å². The number of thiazole rings is 2. The molecule has 1 aliphatic heterocycles. The van der Waals surface area contributed by atoms with Gasteiger partial charge in [0.25, 0.3) is 0 Å². The first-order chi connectivity index (χ1) is 13.4. The van der Waals surface area contributed by atoms with Crippen LogP contribution in [0.5, 0.6) is 0 Å². The van der Waals surface area contributed by atoms with E-state index in [-0.39, 0.29) is 10.8 Å². The summed E-state index contributed by atoms with van der Waals surface area (Å²) in [6.07, 6.45) is 7.67. The summed E-state index contributed by atoms with van der Waals surface area (Å²) >= 11 is 3.38. The molecule has 0 aromatic carbocycles. The zero-order valence-corrected chi connectivity index (χ0v) is 17.9. The summed E-state index contributed by atoms with van der Waals surface area (Å²) in [5, 5.41) is 6.40. The first-order valence-electron chi connectivity index (χ1n) is 9.19. The van der Waals surface area contributed by atoms with Crippen molar-refractivity contribution in [1.29, 1.82) is 0 Å². The molecule has 4 aromatic rings. The third-order valence-corrected chi connectivity index (χ3v) is 7.92. The Balaban J connectivity index is 1.82. The van der Waals surface area contributed by atoms with Crippen LogP contribution in [-0.4, -0.2) is 19.9 Å². The van der Waals surface area contributed by atoms with Crippen LogP contribution < -0.4 is 0 Å². The summed E-state index contributed by atoms with van der Waals surface area (Å²) in [7, 11) is 0. The fourth-order valence-electron chi connectivity index (χ4n) is 3.48. The fourth-order valence-corrected chi connectivity index (χ4v) is 5.43. The van der Waals surface area contributed by atoms with E-state index in [9.17, 15) is 0 Å². The van der Waals surface area contributed by atoms with Crippen LogP contribution in [-0.2, 0) is 10.8 Å². The molecule has 0 aliphatic carbocycles. The molecule has 0 N–H and O–H groups in total. The minimum Gasteiger partial charge on any atom is -0.264 e. The average Bonchev–Trinajstić information content (AvgIpc) is 3.38. The minimum atomic E-state index is -0.237. The van der Waals surface area contributed by atoms with Gasteiger partial charge in [-0.25, -0.2) is 9.97 Å². The summed E-state index contributed by atoms with van der Waals surface area (Å²) in [6.45, 7) is 8.80. The lowest BCUT2D eigenvalue weighted by Crippen LogP contribution is -2.20. The topological polar surface area (TPSA) is 51.6 Å². The van der Waals surface area contributed by atoms with E-state index in [4.69, 9.17) is 9.97 Å². The summed E-state index contributed by atoms with van der Waals surface area (Å²) in [5.74, 6) is 0. The normalized spacial score (nSPS) is 16.4. The van der Waals surface area contributed by atoms with Crippen molar-refractivity contribution in [2.45, 2.75) is 38.5 Å². The predicted octanol–water partition coefficient (Wildman–Crippen LogP) is 5.69. The second kappa shape index (κ2) is 6.03. The number of aromatic nitrogens is 4.